The highest BCUT2D eigenvalue weighted by molar-refractivity contribution is 7.89. The number of nitrogens with one attached hydrogen (secondary N) is 1. The summed E-state index contributed by atoms with van der Waals surface area (Å²) in [6.07, 6.45) is 4.17. The number of carbonyl (C=O) groups excluding carboxylic acids is 1. The highest BCUT2D eigenvalue weighted by Crippen LogP contribution is 2.43. The normalized spacial score (nSPS) is 31.9. The number of amides is 1. The Bertz CT molecular complexity index is 793. The van der Waals surface area contributed by atoms with E-state index in [1.807, 2.05) is 13.0 Å². The number of carbonyl (C=O) groups is 1. The van der Waals surface area contributed by atoms with Gasteiger partial charge in [0.15, 0.2) is 0 Å². The third-order valence-corrected chi connectivity index (χ3v) is 8.18. The van der Waals surface area contributed by atoms with Crippen LogP contribution in [0.25, 0.3) is 0 Å². The second-order valence-electron chi connectivity index (χ2n) is 8.23. The Morgan fingerprint density at radius 2 is 1.96 bits per heavy atom. The first kappa shape index (κ1) is 18.9. The summed E-state index contributed by atoms with van der Waals surface area (Å²) in [6.45, 7) is 3.65. The van der Waals surface area contributed by atoms with Crippen LogP contribution in [-0.4, -0.2) is 50.0 Å². The minimum atomic E-state index is -3.48. The van der Waals surface area contributed by atoms with E-state index in [-0.39, 0.29) is 17.4 Å². The van der Waals surface area contributed by atoms with E-state index in [9.17, 15) is 13.2 Å². The zero-order chi connectivity index (χ0) is 19.1. The standard InChI is InChI=1S/C20H28N2O4S/c1-15-14-22(27(24,25)17-5-3-2-4-6-17)12-11-20(15)10-9-18(26-20)19(23)21-13-16-7-8-16/h2-6,15-16,18H,7-14H2,1H3,(H,21,23)/t15-,18+,20-/m1/s1. The molecule has 2 heterocycles. The summed E-state index contributed by atoms with van der Waals surface area (Å²) in [5.74, 6) is 0.686. The van der Waals surface area contributed by atoms with Gasteiger partial charge in [0.05, 0.1) is 10.5 Å². The van der Waals surface area contributed by atoms with Crippen LogP contribution in [0.3, 0.4) is 0 Å². The van der Waals surface area contributed by atoms with Gasteiger partial charge in [0.2, 0.25) is 15.9 Å². The maximum absolute atomic E-state index is 12.9. The number of hydrogen-bond acceptors (Lipinski definition) is 4. The van der Waals surface area contributed by atoms with E-state index in [1.54, 1.807) is 28.6 Å². The monoisotopic (exact) mass is 392 g/mol. The number of ether oxygens (including phenoxy) is 1. The molecule has 1 N–H and O–H groups in total. The van der Waals surface area contributed by atoms with Crippen molar-refractivity contribution in [1.82, 2.24) is 9.62 Å². The van der Waals surface area contributed by atoms with E-state index in [4.69, 9.17) is 4.74 Å². The smallest absolute Gasteiger partial charge is 0.249 e. The Morgan fingerprint density at radius 1 is 1.22 bits per heavy atom. The molecule has 7 heteroatoms. The molecule has 2 saturated heterocycles. The van der Waals surface area contributed by atoms with E-state index in [0.29, 0.717) is 36.7 Å². The van der Waals surface area contributed by atoms with Crippen molar-refractivity contribution in [2.75, 3.05) is 19.6 Å². The SMILES string of the molecule is C[C@@H]1CN(S(=O)(=O)c2ccccc2)CC[C@]12CC[C@@H](C(=O)NCC1CC1)O2. The van der Waals surface area contributed by atoms with Gasteiger partial charge >= 0.3 is 0 Å². The Morgan fingerprint density at radius 3 is 2.63 bits per heavy atom. The lowest BCUT2D eigenvalue weighted by Gasteiger charge is -2.43. The van der Waals surface area contributed by atoms with Gasteiger partial charge in [0.25, 0.3) is 0 Å². The zero-order valence-electron chi connectivity index (χ0n) is 15.8. The molecule has 1 saturated carbocycles. The number of nitrogens with zero attached hydrogens (tertiary/aromatic N) is 1. The number of benzene rings is 1. The lowest BCUT2D eigenvalue weighted by atomic mass is 9.81. The molecule has 4 rings (SSSR count). The summed E-state index contributed by atoms with van der Waals surface area (Å²) in [6, 6.07) is 8.57. The van der Waals surface area contributed by atoms with Gasteiger partial charge in [0, 0.05) is 19.6 Å². The molecular formula is C20H28N2O4S. The van der Waals surface area contributed by atoms with Gasteiger partial charge in [-0.25, -0.2) is 8.42 Å². The van der Waals surface area contributed by atoms with Crippen LogP contribution in [0, 0.1) is 11.8 Å². The second kappa shape index (κ2) is 7.18. The molecule has 1 spiro atoms. The van der Waals surface area contributed by atoms with Crippen molar-refractivity contribution in [3.63, 3.8) is 0 Å². The van der Waals surface area contributed by atoms with Crippen molar-refractivity contribution in [2.45, 2.75) is 55.6 Å². The Hall–Kier alpha value is -1.44. The summed E-state index contributed by atoms with van der Waals surface area (Å²) >= 11 is 0. The summed E-state index contributed by atoms with van der Waals surface area (Å²) < 4.78 is 33.6. The molecule has 0 aromatic heterocycles. The molecule has 148 valence electrons. The molecule has 0 radical (unpaired) electrons. The Labute approximate surface area is 161 Å². The molecule has 27 heavy (non-hydrogen) atoms. The van der Waals surface area contributed by atoms with E-state index in [0.717, 1.165) is 13.0 Å². The van der Waals surface area contributed by atoms with Crippen molar-refractivity contribution < 1.29 is 17.9 Å². The maximum atomic E-state index is 12.9. The summed E-state index contributed by atoms with van der Waals surface area (Å²) in [7, 11) is -3.48. The van der Waals surface area contributed by atoms with Crippen molar-refractivity contribution in [3.05, 3.63) is 30.3 Å². The van der Waals surface area contributed by atoms with Crippen molar-refractivity contribution in [2.24, 2.45) is 11.8 Å². The molecule has 3 fully saturated rings. The lowest BCUT2D eigenvalue weighted by Crippen LogP contribution is -2.53. The third kappa shape index (κ3) is 3.77. The quantitative estimate of drug-likeness (QED) is 0.833. The van der Waals surface area contributed by atoms with Crippen LogP contribution < -0.4 is 5.32 Å². The first-order chi connectivity index (χ1) is 12.9. The van der Waals surface area contributed by atoms with Crippen molar-refractivity contribution >= 4 is 15.9 Å². The topological polar surface area (TPSA) is 75.7 Å². The predicted octanol–water partition coefficient (Wildman–Crippen LogP) is 2.16. The molecule has 0 bridgehead atoms. The molecule has 1 aliphatic carbocycles. The van der Waals surface area contributed by atoms with Crippen LogP contribution in [-0.2, 0) is 19.6 Å². The molecule has 3 aliphatic rings. The average molecular weight is 393 g/mol. The van der Waals surface area contributed by atoms with Crippen LogP contribution >= 0.6 is 0 Å². The van der Waals surface area contributed by atoms with Crippen LogP contribution in [0.4, 0.5) is 0 Å². The molecular weight excluding hydrogens is 364 g/mol. The minimum absolute atomic E-state index is 0.00897. The molecule has 0 unspecified atom stereocenters. The van der Waals surface area contributed by atoms with Crippen molar-refractivity contribution in [3.8, 4) is 0 Å². The van der Waals surface area contributed by atoms with E-state index >= 15 is 0 Å². The lowest BCUT2D eigenvalue weighted by molar-refractivity contribution is -0.145. The van der Waals surface area contributed by atoms with Crippen LogP contribution in [0.2, 0.25) is 0 Å². The minimum Gasteiger partial charge on any atom is -0.362 e. The number of rotatable bonds is 5. The summed E-state index contributed by atoms with van der Waals surface area (Å²) in [5.41, 5.74) is -0.385. The third-order valence-electron chi connectivity index (χ3n) is 6.30. The fraction of sp³-hybridized carbons (Fsp3) is 0.650. The van der Waals surface area contributed by atoms with Crippen molar-refractivity contribution in [1.29, 1.82) is 0 Å². The van der Waals surface area contributed by atoms with E-state index < -0.39 is 16.1 Å². The van der Waals surface area contributed by atoms with Crippen LogP contribution in [0.15, 0.2) is 35.2 Å². The van der Waals surface area contributed by atoms with Gasteiger partial charge in [-0.05, 0) is 56.1 Å². The van der Waals surface area contributed by atoms with Crippen LogP contribution in [0.5, 0.6) is 0 Å². The van der Waals surface area contributed by atoms with Gasteiger partial charge in [-0.1, -0.05) is 25.1 Å². The molecule has 3 atom stereocenters. The number of piperidine rings is 1. The van der Waals surface area contributed by atoms with Gasteiger partial charge in [-0.15, -0.1) is 0 Å². The number of hydrogen-bond donors (Lipinski definition) is 1. The van der Waals surface area contributed by atoms with Gasteiger partial charge in [-0.2, -0.15) is 4.31 Å². The first-order valence-electron chi connectivity index (χ1n) is 9.91. The largest absolute Gasteiger partial charge is 0.362 e. The number of sulfonamides is 1. The van der Waals surface area contributed by atoms with Gasteiger partial charge in [-0.3, -0.25) is 4.79 Å². The Kier molecular flexibility index (Phi) is 5.03. The molecule has 1 amide bonds. The Balaban J connectivity index is 1.39. The first-order valence-corrected chi connectivity index (χ1v) is 11.4. The highest BCUT2D eigenvalue weighted by atomic mass is 32.2. The molecule has 6 nitrogen and oxygen atoms in total. The van der Waals surface area contributed by atoms with Gasteiger partial charge in [0.1, 0.15) is 6.10 Å². The molecule has 1 aromatic carbocycles. The van der Waals surface area contributed by atoms with Gasteiger partial charge < -0.3 is 10.1 Å². The molecule has 2 aliphatic heterocycles. The van der Waals surface area contributed by atoms with E-state index in [1.165, 1.54) is 12.8 Å². The summed E-state index contributed by atoms with van der Waals surface area (Å²) in [4.78, 5) is 12.7. The highest BCUT2D eigenvalue weighted by Gasteiger charge is 2.50. The zero-order valence-corrected chi connectivity index (χ0v) is 16.6. The fourth-order valence-electron chi connectivity index (χ4n) is 4.27. The molecule has 1 aromatic rings. The maximum Gasteiger partial charge on any atom is 0.249 e. The summed E-state index contributed by atoms with van der Waals surface area (Å²) in [5, 5.41) is 3.01. The predicted molar refractivity (Wildman–Crippen MR) is 102 cm³/mol. The van der Waals surface area contributed by atoms with E-state index in [2.05, 4.69) is 5.32 Å². The fourth-order valence-corrected chi connectivity index (χ4v) is 5.82. The van der Waals surface area contributed by atoms with Crippen LogP contribution in [0.1, 0.15) is 39.0 Å². The average Bonchev–Trinajstić information content (AvgIpc) is 3.41. The second-order valence-corrected chi connectivity index (χ2v) is 10.2.